The summed E-state index contributed by atoms with van der Waals surface area (Å²) >= 11 is 0. The van der Waals surface area contributed by atoms with Crippen molar-refractivity contribution in [1.82, 2.24) is 24.6 Å². The highest BCUT2D eigenvalue weighted by molar-refractivity contribution is 6.08. The quantitative estimate of drug-likeness (QED) is 0.721. The van der Waals surface area contributed by atoms with E-state index in [0.717, 1.165) is 19.5 Å². The molecule has 1 aliphatic rings. The number of anilines is 1. The molecule has 30 heavy (non-hydrogen) atoms. The molecule has 0 radical (unpaired) electrons. The van der Waals surface area contributed by atoms with Gasteiger partial charge in [-0.2, -0.15) is 5.10 Å². The van der Waals surface area contributed by atoms with Crippen molar-refractivity contribution in [2.75, 3.05) is 18.4 Å². The van der Waals surface area contributed by atoms with Crippen molar-refractivity contribution in [3.63, 3.8) is 0 Å². The average Bonchev–Trinajstić information content (AvgIpc) is 3.28. The SMILES string of the molecule is CC1CC(C)CN(C(=O)c2ccccc2NC(=O)c2ccc(-n3cncn3)nc2)C1. The van der Waals surface area contributed by atoms with Crippen LogP contribution in [0.4, 0.5) is 5.69 Å². The minimum Gasteiger partial charge on any atom is -0.338 e. The minimum absolute atomic E-state index is 0.0519. The summed E-state index contributed by atoms with van der Waals surface area (Å²) in [5.74, 6) is 1.12. The summed E-state index contributed by atoms with van der Waals surface area (Å²) in [4.78, 5) is 35.9. The van der Waals surface area contributed by atoms with Gasteiger partial charge < -0.3 is 10.2 Å². The van der Waals surface area contributed by atoms with Crippen LogP contribution in [0, 0.1) is 11.8 Å². The molecule has 0 bridgehead atoms. The first-order chi connectivity index (χ1) is 14.5. The van der Waals surface area contributed by atoms with Crippen molar-refractivity contribution in [2.45, 2.75) is 20.3 Å². The van der Waals surface area contributed by atoms with Crippen LogP contribution in [-0.2, 0) is 0 Å². The lowest BCUT2D eigenvalue weighted by molar-refractivity contribution is 0.0624. The molecule has 3 aromatic rings. The first kappa shape index (κ1) is 19.8. The lowest BCUT2D eigenvalue weighted by Crippen LogP contribution is -2.42. The molecule has 2 atom stereocenters. The molecule has 1 aliphatic heterocycles. The molecule has 8 heteroatoms. The van der Waals surface area contributed by atoms with Gasteiger partial charge in [0.15, 0.2) is 5.82 Å². The maximum absolute atomic E-state index is 13.2. The van der Waals surface area contributed by atoms with Gasteiger partial charge in [-0.1, -0.05) is 26.0 Å². The summed E-state index contributed by atoms with van der Waals surface area (Å²) in [7, 11) is 0. The first-order valence-electron chi connectivity index (χ1n) is 10.0. The second kappa shape index (κ2) is 8.44. The number of piperidine rings is 1. The monoisotopic (exact) mass is 404 g/mol. The maximum atomic E-state index is 13.2. The number of carbonyl (C=O) groups excluding carboxylic acids is 2. The van der Waals surface area contributed by atoms with Gasteiger partial charge in [0.25, 0.3) is 11.8 Å². The number of pyridine rings is 1. The van der Waals surface area contributed by atoms with E-state index in [-0.39, 0.29) is 11.8 Å². The summed E-state index contributed by atoms with van der Waals surface area (Å²) in [6.07, 6.45) is 5.55. The summed E-state index contributed by atoms with van der Waals surface area (Å²) in [5.41, 5.74) is 1.39. The normalized spacial score (nSPS) is 18.8. The van der Waals surface area contributed by atoms with E-state index in [9.17, 15) is 9.59 Å². The zero-order valence-corrected chi connectivity index (χ0v) is 17.0. The molecule has 8 nitrogen and oxygen atoms in total. The molecule has 0 aliphatic carbocycles. The fourth-order valence-corrected chi connectivity index (χ4v) is 3.95. The molecule has 3 heterocycles. The van der Waals surface area contributed by atoms with E-state index >= 15 is 0 Å². The number of para-hydroxylation sites is 1. The van der Waals surface area contributed by atoms with Crippen LogP contribution >= 0.6 is 0 Å². The minimum atomic E-state index is -0.326. The van der Waals surface area contributed by atoms with Gasteiger partial charge >= 0.3 is 0 Å². The molecule has 1 aromatic carbocycles. The predicted octanol–water partition coefficient (Wildman–Crippen LogP) is 3.03. The Morgan fingerprint density at radius 1 is 1.07 bits per heavy atom. The molecule has 2 aromatic heterocycles. The Morgan fingerprint density at radius 2 is 1.83 bits per heavy atom. The topological polar surface area (TPSA) is 93.0 Å². The predicted molar refractivity (Wildman–Crippen MR) is 112 cm³/mol. The number of hydrogen-bond donors (Lipinski definition) is 1. The molecule has 1 N–H and O–H groups in total. The molecular weight excluding hydrogens is 380 g/mol. The van der Waals surface area contributed by atoms with Gasteiger partial charge in [0.05, 0.1) is 16.8 Å². The van der Waals surface area contributed by atoms with Crippen LogP contribution in [0.2, 0.25) is 0 Å². The van der Waals surface area contributed by atoms with Crippen LogP contribution in [0.1, 0.15) is 41.0 Å². The van der Waals surface area contributed by atoms with Gasteiger partial charge in [-0.05, 0) is 42.5 Å². The Bertz CT molecular complexity index is 1020. The Labute approximate surface area is 175 Å². The highest BCUT2D eigenvalue weighted by Crippen LogP contribution is 2.25. The molecule has 0 saturated carbocycles. The van der Waals surface area contributed by atoms with E-state index in [2.05, 4.69) is 34.2 Å². The van der Waals surface area contributed by atoms with Crippen LogP contribution in [0.3, 0.4) is 0 Å². The zero-order chi connectivity index (χ0) is 21.1. The Kier molecular flexibility index (Phi) is 5.56. The van der Waals surface area contributed by atoms with Crippen molar-refractivity contribution in [3.8, 4) is 5.82 Å². The second-order valence-electron chi connectivity index (χ2n) is 7.90. The van der Waals surface area contributed by atoms with Crippen molar-refractivity contribution < 1.29 is 9.59 Å². The molecule has 1 fully saturated rings. The van der Waals surface area contributed by atoms with Crippen molar-refractivity contribution in [3.05, 3.63) is 66.4 Å². The summed E-state index contributed by atoms with van der Waals surface area (Å²) in [6, 6.07) is 10.5. The molecule has 1 saturated heterocycles. The van der Waals surface area contributed by atoms with Crippen LogP contribution in [0.15, 0.2) is 55.2 Å². The number of carbonyl (C=O) groups is 2. The standard InChI is InChI=1S/C22H24N6O2/c1-15-9-16(2)12-27(11-15)22(30)18-5-3-4-6-19(18)26-21(29)17-7-8-20(24-10-17)28-14-23-13-25-28/h3-8,10,13-16H,9,11-12H2,1-2H3,(H,26,29). The van der Waals surface area contributed by atoms with E-state index in [4.69, 9.17) is 0 Å². The van der Waals surface area contributed by atoms with E-state index in [1.54, 1.807) is 30.3 Å². The Morgan fingerprint density at radius 3 is 2.50 bits per heavy atom. The number of benzene rings is 1. The highest BCUT2D eigenvalue weighted by Gasteiger charge is 2.27. The smallest absolute Gasteiger partial charge is 0.257 e. The molecular formula is C22H24N6O2. The van der Waals surface area contributed by atoms with E-state index < -0.39 is 0 Å². The van der Waals surface area contributed by atoms with Crippen molar-refractivity contribution in [1.29, 1.82) is 0 Å². The van der Waals surface area contributed by atoms with Crippen LogP contribution in [-0.4, -0.2) is 49.6 Å². The van der Waals surface area contributed by atoms with E-state index in [1.807, 2.05) is 11.0 Å². The van der Waals surface area contributed by atoms with Crippen LogP contribution < -0.4 is 5.32 Å². The molecule has 4 rings (SSSR count). The van der Waals surface area contributed by atoms with E-state index in [1.165, 1.54) is 23.5 Å². The molecule has 2 amide bonds. The largest absolute Gasteiger partial charge is 0.338 e. The van der Waals surface area contributed by atoms with Crippen LogP contribution in [0.25, 0.3) is 5.82 Å². The molecule has 2 unspecified atom stereocenters. The maximum Gasteiger partial charge on any atom is 0.257 e. The number of nitrogens with one attached hydrogen (secondary N) is 1. The van der Waals surface area contributed by atoms with Crippen molar-refractivity contribution >= 4 is 17.5 Å². The van der Waals surface area contributed by atoms with E-state index in [0.29, 0.717) is 34.5 Å². The van der Waals surface area contributed by atoms with Crippen LogP contribution in [0.5, 0.6) is 0 Å². The van der Waals surface area contributed by atoms with Gasteiger partial charge in [-0.15, -0.1) is 0 Å². The molecule has 154 valence electrons. The van der Waals surface area contributed by atoms with Gasteiger partial charge in [0.1, 0.15) is 12.7 Å². The Hall–Kier alpha value is -3.55. The summed E-state index contributed by atoms with van der Waals surface area (Å²) < 4.78 is 1.51. The number of likely N-dealkylation sites (tertiary alicyclic amines) is 1. The van der Waals surface area contributed by atoms with Crippen molar-refractivity contribution in [2.24, 2.45) is 11.8 Å². The fraction of sp³-hybridized carbons (Fsp3) is 0.318. The number of amides is 2. The summed E-state index contributed by atoms with van der Waals surface area (Å²) in [5, 5.41) is 6.88. The third-order valence-corrected chi connectivity index (χ3v) is 5.23. The van der Waals surface area contributed by atoms with Gasteiger partial charge in [0.2, 0.25) is 0 Å². The lowest BCUT2D eigenvalue weighted by Gasteiger charge is -2.35. The second-order valence-corrected chi connectivity index (χ2v) is 7.90. The lowest BCUT2D eigenvalue weighted by atomic mass is 9.91. The van der Waals surface area contributed by atoms with Gasteiger partial charge in [-0.3, -0.25) is 9.59 Å². The molecule has 0 spiro atoms. The number of nitrogens with zero attached hydrogens (tertiary/aromatic N) is 5. The van der Waals surface area contributed by atoms with Gasteiger partial charge in [0, 0.05) is 19.3 Å². The number of aromatic nitrogens is 4. The number of hydrogen-bond acceptors (Lipinski definition) is 5. The average molecular weight is 404 g/mol. The third-order valence-electron chi connectivity index (χ3n) is 5.23. The summed E-state index contributed by atoms with van der Waals surface area (Å²) in [6.45, 7) is 5.80. The first-order valence-corrected chi connectivity index (χ1v) is 10.0. The fourth-order valence-electron chi connectivity index (χ4n) is 3.95. The Balaban J connectivity index is 1.51. The zero-order valence-electron chi connectivity index (χ0n) is 17.0. The number of rotatable bonds is 4. The highest BCUT2D eigenvalue weighted by atomic mass is 16.2. The van der Waals surface area contributed by atoms with Gasteiger partial charge in [-0.25, -0.2) is 14.6 Å². The third kappa shape index (κ3) is 4.22.